The van der Waals surface area contributed by atoms with Crippen LogP contribution in [-0.4, -0.2) is 33.2 Å². The summed E-state index contributed by atoms with van der Waals surface area (Å²) in [4.78, 5) is 13.9. The fraction of sp³-hybridized carbons (Fsp3) is 0.208. The van der Waals surface area contributed by atoms with Crippen LogP contribution in [0.3, 0.4) is 0 Å². The van der Waals surface area contributed by atoms with Crippen LogP contribution in [0.4, 0.5) is 5.69 Å². The Morgan fingerprint density at radius 1 is 1.00 bits per heavy atom. The van der Waals surface area contributed by atoms with Gasteiger partial charge in [-0.15, -0.1) is 11.8 Å². The number of hydrogen-bond donors (Lipinski definition) is 1. The fourth-order valence-corrected chi connectivity index (χ4v) is 5.33. The van der Waals surface area contributed by atoms with Crippen molar-refractivity contribution in [3.05, 3.63) is 88.9 Å². The maximum absolute atomic E-state index is 13.3. The summed E-state index contributed by atoms with van der Waals surface area (Å²) in [7, 11) is -3.95. The molecule has 0 aliphatic carbocycles. The third kappa shape index (κ3) is 6.28. The molecular weight excluding hydrogens is 464 g/mol. The van der Waals surface area contributed by atoms with Crippen LogP contribution in [0.2, 0.25) is 5.02 Å². The van der Waals surface area contributed by atoms with Gasteiger partial charge in [-0.05, 0) is 55.8 Å². The number of benzene rings is 3. The van der Waals surface area contributed by atoms with Crippen LogP contribution >= 0.6 is 23.4 Å². The molecule has 0 heterocycles. The van der Waals surface area contributed by atoms with Crippen molar-refractivity contribution in [3.8, 4) is 0 Å². The lowest BCUT2D eigenvalue weighted by Gasteiger charge is -2.24. The molecule has 0 spiro atoms. The molecule has 5 nitrogen and oxygen atoms in total. The second kappa shape index (κ2) is 10.9. The second-order valence-electron chi connectivity index (χ2n) is 7.27. The number of nitrogens with one attached hydrogen (secondary N) is 1. The van der Waals surface area contributed by atoms with Crippen LogP contribution in [0, 0.1) is 13.8 Å². The van der Waals surface area contributed by atoms with Crippen molar-refractivity contribution < 1.29 is 13.2 Å². The van der Waals surface area contributed by atoms with Crippen molar-refractivity contribution in [2.45, 2.75) is 23.6 Å². The van der Waals surface area contributed by atoms with E-state index in [1.165, 1.54) is 17.7 Å². The highest BCUT2D eigenvalue weighted by Crippen LogP contribution is 2.28. The molecule has 0 fully saturated rings. The van der Waals surface area contributed by atoms with Gasteiger partial charge in [0.05, 0.1) is 10.6 Å². The van der Waals surface area contributed by atoms with E-state index in [1.54, 1.807) is 48.2 Å². The Labute approximate surface area is 198 Å². The molecule has 3 rings (SSSR count). The van der Waals surface area contributed by atoms with Gasteiger partial charge in [0.2, 0.25) is 5.91 Å². The van der Waals surface area contributed by atoms with Crippen molar-refractivity contribution in [2.75, 3.05) is 23.1 Å². The Morgan fingerprint density at radius 2 is 1.69 bits per heavy atom. The molecule has 0 aliphatic rings. The van der Waals surface area contributed by atoms with E-state index in [9.17, 15) is 13.2 Å². The first kappa shape index (κ1) is 24.2. The lowest BCUT2D eigenvalue weighted by Crippen LogP contribution is -2.41. The number of carbonyl (C=O) groups excluding carboxylic acids is 1. The largest absolute Gasteiger partial charge is 0.354 e. The van der Waals surface area contributed by atoms with Crippen molar-refractivity contribution in [3.63, 3.8) is 0 Å². The quantitative estimate of drug-likeness (QED) is 0.337. The molecule has 1 amide bonds. The van der Waals surface area contributed by atoms with Crippen LogP contribution in [0.5, 0.6) is 0 Å². The van der Waals surface area contributed by atoms with Crippen molar-refractivity contribution in [2.24, 2.45) is 0 Å². The molecule has 1 N–H and O–H groups in total. The fourth-order valence-electron chi connectivity index (χ4n) is 2.95. The Bertz CT molecular complexity index is 1170. The zero-order chi connectivity index (χ0) is 23.1. The first-order valence-corrected chi connectivity index (χ1v) is 12.9. The van der Waals surface area contributed by atoms with Gasteiger partial charge in [0.25, 0.3) is 10.0 Å². The molecule has 0 aliphatic heterocycles. The van der Waals surface area contributed by atoms with Crippen LogP contribution in [0.25, 0.3) is 0 Å². The number of amides is 1. The predicted octanol–water partition coefficient (Wildman–Crippen LogP) is 5.06. The standard InChI is InChI=1S/C24H25ClN2O3S2/c1-18-8-12-21(13-9-18)31-15-14-26-24(28)17-27(20-11-10-19(2)23(25)16-20)32(29,30)22-6-4-3-5-7-22/h3-13,16H,14-15,17H2,1-2H3,(H,26,28). The maximum Gasteiger partial charge on any atom is 0.264 e. The molecule has 3 aromatic rings. The topological polar surface area (TPSA) is 66.5 Å². The van der Waals surface area contributed by atoms with E-state index in [2.05, 4.69) is 5.32 Å². The lowest BCUT2D eigenvalue weighted by atomic mass is 10.2. The number of hydrogen-bond acceptors (Lipinski definition) is 4. The van der Waals surface area contributed by atoms with Crippen LogP contribution < -0.4 is 9.62 Å². The molecule has 0 atom stereocenters. The number of aryl methyl sites for hydroxylation is 2. The summed E-state index contributed by atoms with van der Waals surface area (Å²) in [5.41, 5.74) is 2.36. The van der Waals surface area contributed by atoms with E-state index in [0.717, 1.165) is 14.8 Å². The Hall–Kier alpha value is -2.48. The molecule has 8 heteroatoms. The van der Waals surface area contributed by atoms with E-state index in [0.29, 0.717) is 23.0 Å². The summed E-state index contributed by atoms with van der Waals surface area (Å²) in [6.45, 7) is 3.95. The average molecular weight is 489 g/mol. The number of rotatable bonds is 9. The molecule has 32 heavy (non-hydrogen) atoms. The van der Waals surface area contributed by atoms with Gasteiger partial charge in [-0.25, -0.2) is 8.42 Å². The molecule has 0 aromatic heterocycles. The molecular formula is C24H25ClN2O3S2. The predicted molar refractivity (Wildman–Crippen MR) is 132 cm³/mol. The van der Waals surface area contributed by atoms with Crippen molar-refractivity contribution in [1.29, 1.82) is 0 Å². The Kier molecular flexibility index (Phi) is 8.23. The Morgan fingerprint density at radius 3 is 2.34 bits per heavy atom. The monoisotopic (exact) mass is 488 g/mol. The molecule has 0 unspecified atom stereocenters. The minimum absolute atomic E-state index is 0.111. The summed E-state index contributed by atoms with van der Waals surface area (Å²) in [6.07, 6.45) is 0. The first-order valence-electron chi connectivity index (χ1n) is 10.1. The van der Waals surface area contributed by atoms with Crippen LogP contribution in [-0.2, 0) is 14.8 Å². The van der Waals surface area contributed by atoms with Crippen molar-refractivity contribution in [1.82, 2.24) is 5.32 Å². The van der Waals surface area contributed by atoms with Gasteiger partial charge in [-0.1, -0.05) is 53.6 Å². The molecule has 0 bridgehead atoms. The van der Waals surface area contributed by atoms with Gasteiger partial charge in [0, 0.05) is 22.2 Å². The number of sulfonamides is 1. The van der Waals surface area contributed by atoms with Crippen molar-refractivity contribution >= 4 is 45.0 Å². The first-order chi connectivity index (χ1) is 15.3. The highest BCUT2D eigenvalue weighted by atomic mass is 35.5. The molecule has 3 aromatic carbocycles. The summed E-state index contributed by atoms with van der Waals surface area (Å²) in [6, 6.07) is 21.2. The summed E-state index contributed by atoms with van der Waals surface area (Å²) in [5.74, 6) is 0.294. The van der Waals surface area contributed by atoms with E-state index < -0.39 is 10.0 Å². The number of anilines is 1. The van der Waals surface area contributed by atoms with Gasteiger partial charge in [-0.3, -0.25) is 9.10 Å². The molecule has 0 radical (unpaired) electrons. The Balaban J connectivity index is 1.71. The highest BCUT2D eigenvalue weighted by Gasteiger charge is 2.27. The summed E-state index contributed by atoms with van der Waals surface area (Å²) < 4.78 is 27.7. The lowest BCUT2D eigenvalue weighted by molar-refractivity contribution is -0.119. The SMILES string of the molecule is Cc1ccc(SCCNC(=O)CN(c2ccc(C)c(Cl)c2)S(=O)(=O)c2ccccc2)cc1. The minimum Gasteiger partial charge on any atom is -0.354 e. The zero-order valence-electron chi connectivity index (χ0n) is 17.9. The smallest absolute Gasteiger partial charge is 0.264 e. The number of halogens is 1. The normalized spacial score (nSPS) is 11.2. The third-order valence-corrected chi connectivity index (χ3v) is 7.98. The minimum atomic E-state index is -3.95. The van der Waals surface area contributed by atoms with E-state index >= 15 is 0 Å². The van der Waals surface area contributed by atoms with Gasteiger partial charge in [0.15, 0.2) is 0 Å². The highest BCUT2D eigenvalue weighted by molar-refractivity contribution is 7.99. The second-order valence-corrected chi connectivity index (χ2v) is 10.7. The van der Waals surface area contributed by atoms with Gasteiger partial charge in [0.1, 0.15) is 6.54 Å². The third-order valence-electron chi connectivity index (χ3n) is 4.78. The zero-order valence-corrected chi connectivity index (χ0v) is 20.3. The number of thioether (sulfide) groups is 1. The van der Waals surface area contributed by atoms with Gasteiger partial charge in [-0.2, -0.15) is 0 Å². The summed E-state index contributed by atoms with van der Waals surface area (Å²) >= 11 is 7.86. The van der Waals surface area contributed by atoms with E-state index in [1.807, 2.05) is 38.1 Å². The number of nitrogens with zero attached hydrogens (tertiary/aromatic N) is 1. The molecule has 0 saturated carbocycles. The van der Waals surface area contributed by atoms with Gasteiger partial charge >= 0.3 is 0 Å². The van der Waals surface area contributed by atoms with Gasteiger partial charge < -0.3 is 5.32 Å². The van der Waals surface area contributed by atoms with Crippen LogP contribution in [0.15, 0.2) is 82.6 Å². The molecule has 0 saturated heterocycles. The average Bonchev–Trinajstić information content (AvgIpc) is 2.79. The van der Waals surface area contributed by atoms with Crippen LogP contribution in [0.1, 0.15) is 11.1 Å². The summed E-state index contributed by atoms with van der Waals surface area (Å²) in [5, 5.41) is 3.25. The molecule has 168 valence electrons. The number of carbonyl (C=O) groups is 1. The maximum atomic E-state index is 13.3. The van der Waals surface area contributed by atoms with E-state index in [-0.39, 0.29) is 17.3 Å². The van der Waals surface area contributed by atoms with E-state index in [4.69, 9.17) is 11.6 Å².